The number of aliphatic hydroxyl groups is 1. The van der Waals surface area contributed by atoms with Crippen molar-refractivity contribution in [1.29, 1.82) is 0 Å². The number of nitro benzene ring substituents is 1. The lowest BCUT2D eigenvalue weighted by atomic mass is 10.1. The Balaban J connectivity index is 3.38. The first-order valence-electron chi connectivity index (χ1n) is 6.41. The Bertz CT molecular complexity index is 634. The first-order chi connectivity index (χ1) is 9.45. The molecule has 0 amide bonds. The van der Waals surface area contributed by atoms with Gasteiger partial charge >= 0.3 is 0 Å². The number of rotatable bonds is 6. The Labute approximate surface area is 124 Å². The number of hydrogen-bond donors (Lipinski definition) is 1. The summed E-state index contributed by atoms with van der Waals surface area (Å²) in [7, 11) is -3.52. The van der Waals surface area contributed by atoms with Crippen molar-refractivity contribution in [1.82, 2.24) is 0 Å². The molecule has 0 heterocycles. The van der Waals surface area contributed by atoms with Crippen LogP contribution in [0.25, 0.3) is 0 Å². The summed E-state index contributed by atoms with van der Waals surface area (Å²) in [5.41, 5.74) is -1.03. The molecule has 1 rings (SSSR count). The van der Waals surface area contributed by atoms with E-state index in [9.17, 15) is 23.6 Å². The van der Waals surface area contributed by atoms with E-state index in [1.165, 1.54) is 12.1 Å². The monoisotopic (exact) mass is 316 g/mol. The van der Waals surface area contributed by atoms with Crippen LogP contribution in [-0.2, 0) is 9.84 Å². The van der Waals surface area contributed by atoms with Crippen molar-refractivity contribution < 1.29 is 18.4 Å². The molecule has 21 heavy (non-hydrogen) atoms. The smallest absolute Gasteiger partial charge is 0.293 e. The van der Waals surface area contributed by atoms with Gasteiger partial charge in [0, 0.05) is 25.4 Å². The van der Waals surface area contributed by atoms with Crippen molar-refractivity contribution in [3.63, 3.8) is 0 Å². The van der Waals surface area contributed by atoms with Crippen LogP contribution < -0.4 is 4.90 Å². The van der Waals surface area contributed by atoms with E-state index in [2.05, 4.69) is 0 Å². The summed E-state index contributed by atoms with van der Waals surface area (Å²) in [6.45, 7) is 5.66. The highest BCUT2D eigenvalue weighted by Gasteiger charge is 2.25. The molecule has 0 saturated carbocycles. The number of likely N-dealkylation sites (N-methyl/N-ethyl adjacent to an activating group) is 1. The third-order valence-corrected chi connectivity index (χ3v) is 3.98. The second kappa shape index (κ2) is 5.98. The number of sulfone groups is 1. The van der Waals surface area contributed by atoms with Crippen molar-refractivity contribution in [2.45, 2.75) is 31.3 Å². The summed E-state index contributed by atoms with van der Waals surface area (Å²) in [5.74, 6) is 0. The molecule has 0 spiro atoms. The Morgan fingerprint density at radius 2 is 1.95 bits per heavy atom. The highest BCUT2D eigenvalue weighted by Crippen LogP contribution is 2.31. The standard InChI is InChI=1S/C13H20N2O5S/c1-5-14(9-13(2,3)16)11-7-6-10(21(4,19)20)8-12(11)15(17)18/h6-8,16H,5,9H2,1-4H3. The number of nitro groups is 1. The summed E-state index contributed by atoms with van der Waals surface area (Å²) in [6.07, 6.45) is 1.00. The first kappa shape index (κ1) is 17.4. The van der Waals surface area contributed by atoms with E-state index in [0.29, 0.717) is 6.54 Å². The fourth-order valence-electron chi connectivity index (χ4n) is 1.98. The minimum atomic E-state index is -3.52. The quantitative estimate of drug-likeness (QED) is 0.632. The molecule has 7 nitrogen and oxygen atoms in total. The SMILES string of the molecule is CCN(CC(C)(C)O)c1ccc(S(C)(=O)=O)cc1[N+](=O)[O-]. The van der Waals surface area contributed by atoms with Gasteiger partial charge in [0.25, 0.3) is 5.69 Å². The highest BCUT2D eigenvalue weighted by atomic mass is 32.2. The van der Waals surface area contributed by atoms with Crippen molar-refractivity contribution in [2.24, 2.45) is 0 Å². The number of benzene rings is 1. The van der Waals surface area contributed by atoms with Crippen molar-refractivity contribution in [3.8, 4) is 0 Å². The lowest BCUT2D eigenvalue weighted by Crippen LogP contribution is -2.38. The predicted octanol–water partition coefficient (Wildman–Crippen LogP) is 1.60. The van der Waals surface area contributed by atoms with Crippen molar-refractivity contribution in [3.05, 3.63) is 28.3 Å². The van der Waals surface area contributed by atoms with E-state index < -0.39 is 20.4 Å². The van der Waals surface area contributed by atoms with Crippen LogP contribution in [0.1, 0.15) is 20.8 Å². The molecule has 0 aliphatic rings. The fraction of sp³-hybridized carbons (Fsp3) is 0.538. The van der Waals surface area contributed by atoms with Crippen LogP contribution in [0.4, 0.5) is 11.4 Å². The van der Waals surface area contributed by atoms with Crippen LogP contribution in [0.2, 0.25) is 0 Å². The average molecular weight is 316 g/mol. The van der Waals surface area contributed by atoms with Crippen LogP contribution in [0.3, 0.4) is 0 Å². The summed E-state index contributed by atoms with van der Waals surface area (Å²) >= 11 is 0. The molecular weight excluding hydrogens is 296 g/mol. The predicted molar refractivity (Wildman–Crippen MR) is 80.4 cm³/mol. The molecular formula is C13H20N2O5S. The third-order valence-electron chi connectivity index (χ3n) is 2.87. The zero-order valence-electron chi connectivity index (χ0n) is 12.5. The largest absolute Gasteiger partial charge is 0.389 e. The maximum absolute atomic E-state index is 11.5. The van der Waals surface area contributed by atoms with Gasteiger partial charge < -0.3 is 10.0 Å². The van der Waals surface area contributed by atoms with Crippen LogP contribution >= 0.6 is 0 Å². The van der Waals surface area contributed by atoms with Gasteiger partial charge in [0.05, 0.1) is 15.4 Å². The van der Waals surface area contributed by atoms with E-state index in [1.54, 1.807) is 25.7 Å². The molecule has 0 atom stereocenters. The second-order valence-electron chi connectivity index (χ2n) is 5.51. The van der Waals surface area contributed by atoms with E-state index in [1.807, 2.05) is 0 Å². The second-order valence-corrected chi connectivity index (χ2v) is 7.52. The minimum Gasteiger partial charge on any atom is -0.389 e. The number of anilines is 1. The van der Waals surface area contributed by atoms with E-state index >= 15 is 0 Å². The summed E-state index contributed by atoms with van der Waals surface area (Å²) in [5, 5.41) is 21.1. The fourth-order valence-corrected chi connectivity index (χ4v) is 2.62. The van der Waals surface area contributed by atoms with Crippen molar-refractivity contribution in [2.75, 3.05) is 24.2 Å². The normalized spacial score (nSPS) is 12.2. The Hall–Kier alpha value is -1.67. The van der Waals surface area contributed by atoms with E-state index in [4.69, 9.17) is 0 Å². The molecule has 0 fully saturated rings. The molecule has 0 bridgehead atoms. The molecule has 0 aliphatic carbocycles. The molecule has 0 unspecified atom stereocenters. The molecule has 8 heteroatoms. The van der Waals surface area contributed by atoms with Gasteiger partial charge in [0.15, 0.2) is 9.84 Å². The molecule has 1 N–H and O–H groups in total. The lowest BCUT2D eigenvalue weighted by molar-refractivity contribution is -0.384. The zero-order valence-corrected chi connectivity index (χ0v) is 13.3. The minimum absolute atomic E-state index is 0.0998. The molecule has 0 aliphatic heterocycles. The first-order valence-corrected chi connectivity index (χ1v) is 8.30. The van der Waals surface area contributed by atoms with Gasteiger partial charge in [0.2, 0.25) is 0 Å². The summed E-state index contributed by atoms with van der Waals surface area (Å²) in [6, 6.07) is 3.80. The van der Waals surface area contributed by atoms with Crippen LogP contribution in [-0.4, -0.2) is 43.4 Å². The Morgan fingerprint density at radius 1 is 1.38 bits per heavy atom. The number of hydrogen-bond acceptors (Lipinski definition) is 6. The van der Waals surface area contributed by atoms with Crippen molar-refractivity contribution >= 4 is 21.2 Å². The van der Waals surface area contributed by atoms with Gasteiger partial charge in [-0.3, -0.25) is 10.1 Å². The Morgan fingerprint density at radius 3 is 2.33 bits per heavy atom. The molecule has 1 aromatic carbocycles. The number of nitrogens with zero attached hydrogens (tertiary/aromatic N) is 2. The molecule has 0 saturated heterocycles. The molecule has 0 radical (unpaired) electrons. The maximum Gasteiger partial charge on any atom is 0.293 e. The van der Waals surface area contributed by atoms with Crippen LogP contribution in [0, 0.1) is 10.1 Å². The molecule has 0 aromatic heterocycles. The summed E-state index contributed by atoms with van der Waals surface area (Å²) < 4.78 is 23.0. The van der Waals surface area contributed by atoms with Gasteiger partial charge in [-0.2, -0.15) is 0 Å². The third kappa shape index (κ3) is 4.68. The maximum atomic E-state index is 11.5. The summed E-state index contributed by atoms with van der Waals surface area (Å²) in [4.78, 5) is 12.1. The lowest BCUT2D eigenvalue weighted by Gasteiger charge is -2.29. The van der Waals surface area contributed by atoms with Gasteiger partial charge in [0.1, 0.15) is 5.69 Å². The van der Waals surface area contributed by atoms with Gasteiger partial charge in [-0.1, -0.05) is 0 Å². The van der Waals surface area contributed by atoms with Gasteiger partial charge in [-0.05, 0) is 32.9 Å². The highest BCUT2D eigenvalue weighted by molar-refractivity contribution is 7.90. The van der Waals surface area contributed by atoms with E-state index in [0.717, 1.165) is 12.3 Å². The average Bonchev–Trinajstić information content (AvgIpc) is 2.33. The Kier molecular flexibility index (Phi) is 4.95. The zero-order chi connectivity index (χ0) is 16.4. The van der Waals surface area contributed by atoms with Gasteiger partial charge in [-0.15, -0.1) is 0 Å². The van der Waals surface area contributed by atoms with E-state index in [-0.39, 0.29) is 22.8 Å². The molecule has 118 valence electrons. The van der Waals surface area contributed by atoms with Gasteiger partial charge in [-0.25, -0.2) is 8.42 Å². The van der Waals surface area contributed by atoms with Crippen LogP contribution in [0.5, 0.6) is 0 Å². The molecule has 1 aromatic rings. The topological polar surface area (TPSA) is 101 Å². The van der Waals surface area contributed by atoms with Crippen LogP contribution in [0.15, 0.2) is 23.1 Å².